The molecule has 2 aromatic rings. The van der Waals surface area contributed by atoms with Gasteiger partial charge in [0.15, 0.2) is 6.04 Å². The maximum atomic E-state index is 12.3. The highest BCUT2D eigenvalue weighted by atomic mass is 16.5. The number of benzene rings is 2. The minimum absolute atomic E-state index is 0.195. The number of ether oxygens (including phenoxy) is 1. The molecule has 5 nitrogen and oxygen atoms in total. The standard InChI is InChI=1S/C19H21NO4/c1-24-19(9-4-10-19)12-16(21)20-17(18(22)23)15-8-7-13-5-2-3-6-14(13)11-15/h2-3,5-8,11,17H,4,9-10,12H2,1H3,(H,20,21)(H,22,23). The molecule has 0 heterocycles. The van der Waals surface area contributed by atoms with Crippen LogP contribution in [0.3, 0.4) is 0 Å². The average Bonchev–Trinajstić information content (AvgIpc) is 2.55. The van der Waals surface area contributed by atoms with E-state index in [0.29, 0.717) is 5.56 Å². The van der Waals surface area contributed by atoms with Gasteiger partial charge in [0.05, 0.1) is 12.0 Å². The Morgan fingerprint density at radius 3 is 2.50 bits per heavy atom. The lowest BCUT2D eigenvalue weighted by Crippen LogP contribution is -2.45. The van der Waals surface area contributed by atoms with Gasteiger partial charge in [-0.1, -0.05) is 36.4 Å². The lowest BCUT2D eigenvalue weighted by Gasteiger charge is -2.40. The highest BCUT2D eigenvalue weighted by Gasteiger charge is 2.39. The summed E-state index contributed by atoms with van der Waals surface area (Å²) in [6.07, 6.45) is 2.91. The molecule has 0 bridgehead atoms. The third-order valence-electron chi connectivity index (χ3n) is 4.84. The van der Waals surface area contributed by atoms with Gasteiger partial charge in [-0.15, -0.1) is 0 Å². The molecule has 3 rings (SSSR count). The zero-order valence-electron chi connectivity index (χ0n) is 13.6. The number of carboxylic acid groups (broad SMARTS) is 1. The van der Waals surface area contributed by atoms with Crippen molar-refractivity contribution in [3.05, 3.63) is 48.0 Å². The monoisotopic (exact) mass is 327 g/mol. The first-order valence-electron chi connectivity index (χ1n) is 8.09. The Labute approximate surface area is 140 Å². The number of aliphatic carboxylic acids is 1. The van der Waals surface area contributed by atoms with Crippen LogP contribution < -0.4 is 5.32 Å². The van der Waals surface area contributed by atoms with Gasteiger partial charge >= 0.3 is 5.97 Å². The summed E-state index contributed by atoms with van der Waals surface area (Å²) in [5.41, 5.74) is 0.144. The highest BCUT2D eigenvalue weighted by molar-refractivity contribution is 5.88. The van der Waals surface area contributed by atoms with Gasteiger partial charge in [-0.2, -0.15) is 0 Å². The van der Waals surface area contributed by atoms with Crippen LogP contribution >= 0.6 is 0 Å². The van der Waals surface area contributed by atoms with Crippen LogP contribution in [0.15, 0.2) is 42.5 Å². The maximum absolute atomic E-state index is 12.3. The van der Waals surface area contributed by atoms with E-state index in [1.54, 1.807) is 13.2 Å². The predicted octanol–water partition coefficient (Wildman–Crippen LogP) is 3.04. The van der Waals surface area contributed by atoms with E-state index in [2.05, 4.69) is 5.32 Å². The lowest BCUT2D eigenvalue weighted by atomic mass is 9.77. The van der Waals surface area contributed by atoms with Crippen molar-refractivity contribution >= 4 is 22.6 Å². The normalized spacial score (nSPS) is 17.0. The highest BCUT2D eigenvalue weighted by Crippen LogP contribution is 2.38. The molecule has 5 heteroatoms. The molecule has 2 N–H and O–H groups in total. The van der Waals surface area contributed by atoms with E-state index in [1.165, 1.54) is 0 Å². The van der Waals surface area contributed by atoms with Gasteiger partial charge in [0.1, 0.15) is 0 Å². The molecule has 1 atom stereocenters. The fraction of sp³-hybridized carbons (Fsp3) is 0.368. The Hall–Kier alpha value is -2.40. The van der Waals surface area contributed by atoms with Crippen molar-refractivity contribution in [1.29, 1.82) is 0 Å². The summed E-state index contributed by atoms with van der Waals surface area (Å²) in [7, 11) is 1.60. The van der Waals surface area contributed by atoms with E-state index in [1.807, 2.05) is 36.4 Å². The van der Waals surface area contributed by atoms with E-state index in [9.17, 15) is 14.7 Å². The zero-order valence-corrected chi connectivity index (χ0v) is 13.6. The van der Waals surface area contributed by atoms with Crippen molar-refractivity contribution in [3.8, 4) is 0 Å². The van der Waals surface area contributed by atoms with Gasteiger partial charge < -0.3 is 15.2 Å². The minimum Gasteiger partial charge on any atom is -0.479 e. The number of fused-ring (bicyclic) bond motifs is 1. The molecule has 1 amide bonds. The van der Waals surface area contributed by atoms with Gasteiger partial charge in [-0.25, -0.2) is 4.79 Å². The van der Waals surface area contributed by atoms with E-state index in [0.717, 1.165) is 30.0 Å². The van der Waals surface area contributed by atoms with Gasteiger partial charge in [-0.05, 0) is 41.7 Å². The van der Waals surface area contributed by atoms with Crippen LogP contribution in [0, 0.1) is 0 Å². The average molecular weight is 327 g/mol. The van der Waals surface area contributed by atoms with Crippen LogP contribution in [0.1, 0.15) is 37.3 Å². The summed E-state index contributed by atoms with van der Waals surface area (Å²) in [5.74, 6) is -1.36. The molecule has 0 aromatic heterocycles. The molecule has 0 saturated heterocycles. The largest absolute Gasteiger partial charge is 0.479 e. The summed E-state index contributed by atoms with van der Waals surface area (Å²) in [6, 6.07) is 12.1. The van der Waals surface area contributed by atoms with Crippen molar-refractivity contribution < 1.29 is 19.4 Å². The molecule has 0 aliphatic heterocycles. The van der Waals surface area contributed by atoms with Gasteiger partial charge in [0.2, 0.25) is 5.91 Å². The molecular weight excluding hydrogens is 306 g/mol. The molecule has 2 aromatic carbocycles. The maximum Gasteiger partial charge on any atom is 0.330 e. The summed E-state index contributed by atoms with van der Waals surface area (Å²) >= 11 is 0. The second-order valence-corrected chi connectivity index (χ2v) is 6.36. The molecule has 1 saturated carbocycles. The molecule has 24 heavy (non-hydrogen) atoms. The Balaban J connectivity index is 1.78. The first-order chi connectivity index (χ1) is 11.5. The van der Waals surface area contributed by atoms with Crippen molar-refractivity contribution in [2.75, 3.05) is 7.11 Å². The quantitative estimate of drug-likeness (QED) is 0.855. The zero-order chi connectivity index (χ0) is 17.2. The van der Waals surface area contributed by atoms with E-state index >= 15 is 0 Å². The number of amides is 1. The number of nitrogens with one attached hydrogen (secondary N) is 1. The summed E-state index contributed by atoms with van der Waals surface area (Å²) in [4.78, 5) is 24.0. The topological polar surface area (TPSA) is 75.6 Å². The number of carboxylic acids is 1. The summed E-state index contributed by atoms with van der Waals surface area (Å²) < 4.78 is 5.44. The van der Waals surface area contributed by atoms with Crippen molar-refractivity contribution in [1.82, 2.24) is 5.32 Å². The molecule has 1 fully saturated rings. The molecular formula is C19H21NO4. The Morgan fingerprint density at radius 2 is 1.92 bits per heavy atom. The molecule has 126 valence electrons. The van der Waals surface area contributed by atoms with E-state index < -0.39 is 17.6 Å². The lowest BCUT2D eigenvalue weighted by molar-refractivity contribution is -0.145. The SMILES string of the molecule is COC1(CC(=O)NC(C(=O)O)c2ccc3ccccc3c2)CCC1. The number of carbonyl (C=O) groups is 2. The van der Waals surface area contributed by atoms with Gasteiger partial charge in [0.25, 0.3) is 0 Å². The second-order valence-electron chi connectivity index (χ2n) is 6.36. The van der Waals surface area contributed by atoms with Crippen LogP contribution in [0.2, 0.25) is 0 Å². The van der Waals surface area contributed by atoms with Crippen LogP contribution in [0.25, 0.3) is 10.8 Å². The number of carbonyl (C=O) groups excluding carboxylic acids is 1. The van der Waals surface area contributed by atoms with Crippen molar-refractivity contribution in [2.24, 2.45) is 0 Å². The van der Waals surface area contributed by atoms with Crippen molar-refractivity contribution in [3.63, 3.8) is 0 Å². The molecule has 0 spiro atoms. The fourth-order valence-corrected chi connectivity index (χ4v) is 3.20. The summed E-state index contributed by atoms with van der Waals surface area (Å²) in [5, 5.41) is 14.1. The first kappa shape index (κ1) is 16.5. The first-order valence-corrected chi connectivity index (χ1v) is 8.09. The minimum atomic E-state index is -1.07. The third kappa shape index (κ3) is 3.26. The molecule has 1 aliphatic rings. The molecule has 1 aliphatic carbocycles. The molecule has 0 radical (unpaired) electrons. The number of methoxy groups -OCH3 is 1. The predicted molar refractivity (Wildman–Crippen MR) is 90.7 cm³/mol. The smallest absolute Gasteiger partial charge is 0.330 e. The Bertz CT molecular complexity index is 761. The molecule has 1 unspecified atom stereocenters. The van der Waals surface area contributed by atoms with E-state index in [4.69, 9.17) is 4.74 Å². The van der Waals surface area contributed by atoms with Crippen LogP contribution in [0.4, 0.5) is 0 Å². The Morgan fingerprint density at radius 1 is 1.21 bits per heavy atom. The van der Waals surface area contributed by atoms with E-state index in [-0.39, 0.29) is 12.3 Å². The van der Waals surface area contributed by atoms with Crippen LogP contribution in [0.5, 0.6) is 0 Å². The number of rotatable bonds is 6. The van der Waals surface area contributed by atoms with Gasteiger partial charge in [-0.3, -0.25) is 4.79 Å². The van der Waals surface area contributed by atoms with Crippen LogP contribution in [-0.2, 0) is 14.3 Å². The van der Waals surface area contributed by atoms with Gasteiger partial charge in [0, 0.05) is 7.11 Å². The Kier molecular flexibility index (Phi) is 4.53. The van der Waals surface area contributed by atoms with Crippen LogP contribution in [-0.4, -0.2) is 29.7 Å². The second kappa shape index (κ2) is 6.61. The van der Waals surface area contributed by atoms with Crippen molar-refractivity contribution in [2.45, 2.75) is 37.3 Å². The summed E-state index contributed by atoms with van der Waals surface area (Å²) in [6.45, 7) is 0. The number of hydrogen-bond donors (Lipinski definition) is 2. The fourth-order valence-electron chi connectivity index (χ4n) is 3.20. The number of hydrogen-bond acceptors (Lipinski definition) is 3. The third-order valence-corrected chi connectivity index (χ3v) is 4.84.